The molecule has 1 N–H and O–H groups in total. The molecule has 1 aromatic rings. The van der Waals surface area contributed by atoms with Crippen molar-refractivity contribution in [2.75, 3.05) is 6.79 Å². The summed E-state index contributed by atoms with van der Waals surface area (Å²) in [6.45, 7) is 2.23. The smallest absolute Gasteiger partial charge is 0.220 e. The lowest BCUT2D eigenvalue weighted by Gasteiger charge is -2.31. The molecule has 1 saturated heterocycles. The van der Waals surface area contributed by atoms with Gasteiger partial charge in [-0.15, -0.1) is 11.3 Å². The third kappa shape index (κ3) is 3.89. The van der Waals surface area contributed by atoms with E-state index < -0.39 is 0 Å². The van der Waals surface area contributed by atoms with Crippen molar-refractivity contribution in [2.24, 2.45) is 0 Å². The maximum atomic E-state index is 11.5. The monoisotopic (exact) mass is 255 g/mol. The van der Waals surface area contributed by atoms with Gasteiger partial charge in [0.2, 0.25) is 6.41 Å². The van der Waals surface area contributed by atoms with Crippen LogP contribution in [-0.4, -0.2) is 25.0 Å². The molecule has 0 bridgehead atoms. The summed E-state index contributed by atoms with van der Waals surface area (Å²) in [5, 5.41) is 5.24. The second-order valence-electron chi connectivity index (χ2n) is 4.03. The number of ketones is 1. The molecule has 0 unspecified atom stereocenters. The van der Waals surface area contributed by atoms with Crippen molar-refractivity contribution in [3.8, 4) is 0 Å². The van der Waals surface area contributed by atoms with Gasteiger partial charge in [0.1, 0.15) is 5.78 Å². The van der Waals surface area contributed by atoms with Gasteiger partial charge in [-0.3, -0.25) is 10.1 Å². The van der Waals surface area contributed by atoms with Crippen LogP contribution < -0.4 is 5.32 Å². The number of Topliss-reactive ketones (excluding diaryl/α,β-unsaturated/α-hetero) is 1. The number of carbonyl (C=O) groups excluding carboxylic acids is 1. The van der Waals surface area contributed by atoms with Gasteiger partial charge in [0.05, 0.1) is 0 Å². The highest BCUT2D eigenvalue weighted by Gasteiger charge is 2.24. The van der Waals surface area contributed by atoms with Crippen molar-refractivity contribution in [1.82, 2.24) is 5.32 Å². The molecule has 0 saturated carbocycles. The second-order valence-corrected chi connectivity index (χ2v) is 5.06. The Labute approximate surface area is 105 Å². The van der Waals surface area contributed by atoms with Gasteiger partial charge in [-0.25, -0.2) is 0 Å². The van der Waals surface area contributed by atoms with Crippen LogP contribution in [0, 0.1) is 0 Å². The first-order valence-corrected chi connectivity index (χ1v) is 6.69. The fraction of sp³-hybridized carbons (Fsp3) is 0.583. The maximum Gasteiger partial charge on any atom is 0.220 e. The molecule has 0 radical (unpaired) electrons. The Morgan fingerprint density at radius 1 is 1.65 bits per heavy atom. The lowest BCUT2D eigenvalue weighted by molar-refractivity contribution is -0.335. The summed E-state index contributed by atoms with van der Waals surface area (Å²) in [6.07, 6.45) is 1.60. The molecule has 1 aliphatic heterocycles. The molecule has 1 fully saturated rings. The minimum absolute atomic E-state index is 0.0893. The van der Waals surface area contributed by atoms with Crippen LogP contribution in [0.4, 0.5) is 0 Å². The number of hydrogen-bond donors (Lipinski definition) is 1. The van der Waals surface area contributed by atoms with E-state index >= 15 is 0 Å². The van der Waals surface area contributed by atoms with Crippen LogP contribution in [-0.2, 0) is 20.7 Å². The summed E-state index contributed by atoms with van der Waals surface area (Å²) < 4.78 is 10.3. The quantitative estimate of drug-likeness (QED) is 0.808. The van der Waals surface area contributed by atoms with Gasteiger partial charge in [-0.05, 0) is 17.9 Å². The zero-order valence-electron chi connectivity index (χ0n) is 9.85. The first-order chi connectivity index (χ1) is 8.28. The maximum absolute atomic E-state index is 11.5. The van der Waals surface area contributed by atoms with Crippen molar-refractivity contribution in [2.45, 2.75) is 38.6 Å². The summed E-state index contributed by atoms with van der Waals surface area (Å²) in [4.78, 5) is 12.8. The van der Waals surface area contributed by atoms with Crippen LogP contribution in [0.15, 0.2) is 17.5 Å². The summed E-state index contributed by atoms with van der Waals surface area (Å²) in [6, 6.07) is 4.19. The van der Waals surface area contributed by atoms with Crippen molar-refractivity contribution in [1.29, 1.82) is 0 Å². The summed E-state index contributed by atoms with van der Waals surface area (Å²) in [5.74, 6) is 0.262. The number of hydrogen-bond acceptors (Lipinski definition) is 5. The zero-order chi connectivity index (χ0) is 12.1. The predicted molar refractivity (Wildman–Crippen MR) is 65.7 cm³/mol. The van der Waals surface area contributed by atoms with E-state index in [2.05, 4.69) is 11.4 Å². The molecular weight excluding hydrogens is 238 g/mol. The lowest BCUT2D eigenvalue weighted by atomic mass is 10.0. The van der Waals surface area contributed by atoms with Gasteiger partial charge in [0, 0.05) is 23.8 Å². The molecule has 0 aromatic carbocycles. The highest BCUT2D eigenvalue weighted by molar-refractivity contribution is 7.09. The molecule has 94 valence electrons. The van der Waals surface area contributed by atoms with E-state index in [1.54, 1.807) is 11.3 Å². The van der Waals surface area contributed by atoms with E-state index in [4.69, 9.17) is 9.47 Å². The Hall–Kier alpha value is -0.750. The number of thiophene rings is 1. The fourth-order valence-corrected chi connectivity index (χ4v) is 2.49. The van der Waals surface area contributed by atoms with E-state index in [0.29, 0.717) is 19.6 Å². The van der Waals surface area contributed by atoms with Gasteiger partial charge in [-0.2, -0.15) is 0 Å². The van der Waals surface area contributed by atoms with Crippen LogP contribution in [0.3, 0.4) is 0 Å². The molecule has 17 heavy (non-hydrogen) atoms. The highest BCUT2D eigenvalue weighted by atomic mass is 32.1. The molecule has 4 nitrogen and oxygen atoms in total. The van der Waals surface area contributed by atoms with E-state index in [9.17, 15) is 4.79 Å². The average molecular weight is 255 g/mol. The third-order valence-corrected chi connectivity index (χ3v) is 3.61. The molecule has 0 aliphatic carbocycles. The molecule has 1 aliphatic rings. The van der Waals surface area contributed by atoms with E-state index in [1.165, 1.54) is 4.88 Å². The summed E-state index contributed by atoms with van der Waals surface area (Å²) in [5.41, 5.74) is 0. The average Bonchev–Trinajstić information content (AvgIpc) is 2.75. The number of nitrogens with one attached hydrogen (secondary N) is 1. The van der Waals surface area contributed by atoms with Gasteiger partial charge < -0.3 is 9.47 Å². The van der Waals surface area contributed by atoms with E-state index in [1.807, 2.05) is 18.4 Å². The summed E-state index contributed by atoms with van der Waals surface area (Å²) in [7, 11) is 0. The van der Waals surface area contributed by atoms with Gasteiger partial charge >= 0.3 is 0 Å². The second kappa shape index (κ2) is 6.26. The standard InChI is InChI=1S/C12H17NO3S/c1-2-10(14)6-9(13-12-15-8-16-12)7-11-4-3-5-17-11/h3-5,9,12-13H,2,6-8H2,1H3/t9-/m1/s1. The largest absolute Gasteiger partial charge is 0.313 e. The fourth-order valence-electron chi connectivity index (χ4n) is 1.71. The van der Waals surface area contributed by atoms with Crippen molar-refractivity contribution in [3.05, 3.63) is 22.4 Å². The Morgan fingerprint density at radius 3 is 3.00 bits per heavy atom. The van der Waals surface area contributed by atoms with Crippen molar-refractivity contribution < 1.29 is 14.3 Å². The van der Waals surface area contributed by atoms with Gasteiger partial charge in [-0.1, -0.05) is 13.0 Å². The van der Waals surface area contributed by atoms with Crippen molar-refractivity contribution >= 4 is 17.1 Å². The number of rotatable bonds is 7. The van der Waals surface area contributed by atoms with Gasteiger partial charge in [0.25, 0.3) is 0 Å². The normalized spacial score (nSPS) is 17.7. The Bertz CT molecular complexity index is 349. The Morgan fingerprint density at radius 2 is 2.47 bits per heavy atom. The molecule has 2 rings (SSSR count). The highest BCUT2D eigenvalue weighted by Crippen LogP contribution is 2.15. The van der Waals surface area contributed by atoms with Crippen LogP contribution in [0.25, 0.3) is 0 Å². The van der Waals surface area contributed by atoms with E-state index in [0.717, 1.165) is 6.42 Å². The molecule has 2 heterocycles. The van der Waals surface area contributed by atoms with Crippen LogP contribution in [0.1, 0.15) is 24.6 Å². The first kappa shape index (κ1) is 12.7. The Balaban J connectivity index is 1.88. The minimum atomic E-state index is -0.343. The first-order valence-electron chi connectivity index (χ1n) is 5.81. The van der Waals surface area contributed by atoms with Crippen molar-refractivity contribution in [3.63, 3.8) is 0 Å². The summed E-state index contributed by atoms with van der Waals surface area (Å²) >= 11 is 1.71. The van der Waals surface area contributed by atoms with Crippen LogP contribution in [0.5, 0.6) is 0 Å². The number of carbonyl (C=O) groups is 1. The molecule has 0 amide bonds. The van der Waals surface area contributed by atoms with Crippen LogP contribution >= 0.6 is 11.3 Å². The molecule has 1 aromatic heterocycles. The minimum Gasteiger partial charge on any atom is -0.313 e. The molecule has 0 spiro atoms. The zero-order valence-corrected chi connectivity index (χ0v) is 10.7. The van der Waals surface area contributed by atoms with E-state index in [-0.39, 0.29) is 18.2 Å². The SMILES string of the molecule is CCC(=O)C[C@H](Cc1cccs1)NC1OCO1. The van der Waals surface area contributed by atoms with Gasteiger partial charge in [0.15, 0.2) is 6.79 Å². The molecular formula is C12H17NO3S. The molecule has 1 atom stereocenters. The number of ether oxygens (including phenoxy) is 2. The lowest BCUT2D eigenvalue weighted by Crippen LogP contribution is -2.49. The topological polar surface area (TPSA) is 47.6 Å². The third-order valence-electron chi connectivity index (χ3n) is 2.71. The predicted octanol–water partition coefficient (Wildman–Crippen LogP) is 1.91. The molecule has 5 heteroatoms. The van der Waals surface area contributed by atoms with Crippen LogP contribution in [0.2, 0.25) is 0 Å². The Kier molecular flexibility index (Phi) is 4.67.